The normalized spacial score (nSPS) is 22.5. The van der Waals surface area contributed by atoms with Gasteiger partial charge in [-0.05, 0) is 34.7 Å². The lowest BCUT2D eigenvalue weighted by molar-refractivity contribution is 0.0705. The first-order valence-corrected chi connectivity index (χ1v) is 11.3. The SMILES string of the molecule is CN(C1[C@H]2CN(c3ncc(C(=O)NO)cn3)C[C@@H]12)S(=O)(=O)c1ccc2ccccc2c1. The van der Waals surface area contributed by atoms with Crippen molar-refractivity contribution in [2.45, 2.75) is 10.9 Å². The van der Waals surface area contributed by atoms with E-state index in [0.717, 1.165) is 10.8 Å². The van der Waals surface area contributed by atoms with Gasteiger partial charge in [-0.1, -0.05) is 30.3 Å². The molecule has 0 bridgehead atoms. The Labute approximate surface area is 179 Å². The second kappa shape index (κ2) is 7.26. The Morgan fingerprint density at radius 3 is 2.39 bits per heavy atom. The van der Waals surface area contributed by atoms with E-state index >= 15 is 0 Å². The summed E-state index contributed by atoms with van der Waals surface area (Å²) in [5.41, 5.74) is 1.71. The molecule has 2 aliphatic rings. The van der Waals surface area contributed by atoms with Gasteiger partial charge in [-0.15, -0.1) is 0 Å². The molecular weight excluding hydrogens is 418 g/mol. The molecule has 9 nitrogen and oxygen atoms in total. The number of aromatic nitrogens is 2. The molecule has 1 saturated carbocycles. The van der Waals surface area contributed by atoms with E-state index in [9.17, 15) is 13.2 Å². The molecular formula is C21H21N5O4S. The number of hydrogen-bond acceptors (Lipinski definition) is 7. The highest BCUT2D eigenvalue weighted by molar-refractivity contribution is 7.89. The summed E-state index contributed by atoms with van der Waals surface area (Å²) < 4.78 is 27.9. The molecule has 160 valence electrons. The fourth-order valence-corrected chi connectivity index (χ4v) is 6.00. The van der Waals surface area contributed by atoms with Crippen LogP contribution in [0.25, 0.3) is 10.8 Å². The van der Waals surface area contributed by atoms with Gasteiger partial charge in [0.25, 0.3) is 5.91 Å². The number of amides is 1. The van der Waals surface area contributed by atoms with Gasteiger partial charge >= 0.3 is 0 Å². The zero-order chi connectivity index (χ0) is 21.8. The third-order valence-electron chi connectivity index (χ3n) is 6.25. The topological polar surface area (TPSA) is 116 Å². The fourth-order valence-electron chi connectivity index (χ4n) is 4.52. The van der Waals surface area contributed by atoms with Crippen molar-refractivity contribution < 1.29 is 18.4 Å². The van der Waals surface area contributed by atoms with E-state index in [1.165, 1.54) is 16.7 Å². The molecule has 5 rings (SSSR count). The smallest absolute Gasteiger partial charge is 0.277 e. The molecule has 2 aromatic carbocycles. The first kappa shape index (κ1) is 19.9. The van der Waals surface area contributed by atoms with E-state index in [2.05, 4.69) is 9.97 Å². The summed E-state index contributed by atoms with van der Waals surface area (Å²) in [6, 6.07) is 12.9. The van der Waals surface area contributed by atoms with Gasteiger partial charge in [0.2, 0.25) is 16.0 Å². The maximum atomic E-state index is 13.2. The average molecular weight is 439 g/mol. The molecule has 0 spiro atoms. The van der Waals surface area contributed by atoms with Crippen LogP contribution >= 0.6 is 0 Å². The number of fused-ring (bicyclic) bond motifs is 2. The Kier molecular flexibility index (Phi) is 4.65. The first-order chi connectivity index (χ1) is 14.9. The minimum Gasteiger partial charge on any atom is -0.340 e. The molecule has 10 heteroatoms. The van der Waals surface area contributed by atoms with Gasteiger partial charge in [-0.2, -0.15) is 4.31 Å². The Hall–Kier alpha value is -3.08. The summed E-state index contributed by atoms with van der Waals surface area (Å²) in [6.45, 7) is 1.30. The third kappa shape index (κ3) is 3.32. The highest BCUT2D eigenvalue weighted by Gasteiger charge is 2.60. The standard InChI is InChI=1S/C21H21N5O4S/c1-25(31(29,30)16-7-6-13-4-2-3-5-14(13)8-16)19-17-11-26(12-18(17)19)21-22-9-15(10-23-21)20(27)24-28/h2-10,17-19,28H,11-12H2,1H3,(H,24,27)/t17-,18+,19?. The Bertz CT molecular complexity index is 1250. The van der Waals surface area contributed by atoms with Crippen molar-refractivity contribution in [3.8, 4) is 0 Å². The number of anilines is 1. The number of nitrogens with one attached hydrogen (secondary N) is 1. The van der Waals surface area contributed by atoms with Gasteiger partial charge in [0.05, 0.1) is 10.5 Å². The van der Waals surface area contributed by atoms with Crippen LogP contribution in [0.3, 0.4) is 0 Å². The minimum atomic E-state index is -3.59. The van der Waals surface area contributed by atoms with Crippen LogP contribution in [0.1, 0.15) is 10.4 Å². The zero-order valence-corrected chi connectivity index (χ0v) is 17.5. The van der Waals surface area contributed by atoms with Crippen LogP contribution in [0.5, 0.6) is 0 Å². The Morgan fingerprint density at radius 1 is 1.10 bits per heavy atom. The van der Waals surface area contributed by atoms with Crippen LogP contribution in [-0.2, 0) is 10.0 Å². The molecule has 0 radical (unpaired) electrons. The summed E-state index contributed by atoms with van der Waals surface area (Å²) in [5.74, 6) is 0.241. The molecule has 2 fully saturated rings. The van der Waals surface area contributed by atoms with Crippen LogP contribution < -0.4 is 10.4 Å². The molecule has 1 amide bonds. The van der Waals surface area contributed by atoms with Crippen LogP contribution in [0.4, 0.5) is 5.95 Å². The first-order valence-electron chi connectivity index (χ1n) is 9.88. The molecule has 1 aromatic heterocycles. The summed E-state index contributed by atoms with van der Waals surface area (Å²) >= 11 is 0. The highest BCUT2D eigenvalue weighted by Crippen LogP contribution is 2.50. The second-order valence-electron chi connectivity index (χ2n) is 7.97. The Balaban J connectivity index is 1.28. The van der Waals surface area contributed by atoms with E-state index < -0.39 is 15.9 Å². The number of nitrogens with zero attached hydrogens (tertiary/aromatic N) is 4. The summed E-state index contributed by atoms with van der Waals surface area (Å²) in [6.07, 6.45) is 2.71. The second-order valence-corrected chi connectivity index (χ2v) is 9.96. The number of sulfonamides is 1. The van der Waals surface area contributed by atoms with Crippen LogP contribution in [0.2, 0.25) is 0 Å². The molecule has 3 atom stereocenters. The summed E-state index contributed by atoms with van der Waals surface area (Å²) in [4.78, 5) is 22.1. The van der Waals surface area contributed by atoms with E-state index in [1.807, 2.05) is 35.2 Å². The molecule has 1 aliphatic heterocycles. The van der Waals surface area contributed by atoms with Crippen LogP contribution in [0.15, 0.2) is 59.8 Å². The van der Waals surface area contributed by atoms with Crippen LogP contribution in [-0.4, -0.2) is 60.0 Å². The van der Waals surface area contributed by atoms with Crippen molar-refractivity contribution >= 4 is 32.7 Å². The zero-order valence-electron chi connectivity index (χ0n) is 16.7. The van der Waals surface area contributed by atoms with Crippen molar-refractivity contribution in [2.75, 3.05) is 25.0 Å². The number of carbonyl (C=O) groups excluding carboxylic acids is 1. The molecule has 1 aliphatic carbocycles. The third-order valence-corrected chi connectivity index (χ3v) is 8.10. The summed E-state index contributed by atoms with van der Waals surface area (Å²) in [5, 5.41) is 10.6. The monoisotopic (exact) mass is 439 g/mol. The van der Waals surface area contributed by atoms with Crippen molar-refractivity contribution in [3.05, 3.63) is 60.4 Å². The number of piperidine rings is 1. The number of hydroxylamine groups is 1. The lowest BCUT2D eigenvalue weighted by Gasteiger charge is -2.24. The van der Waals surface area contributed by atoms with E-state index in [-0.39, 0.29) is 23.4 Å². The quantitative estimate of drug-likeness (QED) is 0.457. The average Bonchev–Trinajstić information content (AvgIpc) is 3.29. The molecule has 2 N–H and O–H groups in total. The number of hydrogen-bond donors (Lipinski definition) is 2. The molecule has 1 saturated heterocycles. The molecule has 1 unspecified atom stereocenters. The maximum Gasteiger partial charge on any atom is 0.277 e. The van der Waals surface area contributed by atoms with Gasteiger partial charge in [0.1, 0.15) is 0 Å². The number of carbonyl (C=O) groups is 1. The predicted octanol–water partition coefficient (Wildman–Crippen LogP) is 1.50. The van der Waals surface area contributed by atoms with E-state index in [4.69, 9.17) is 5.21 Å². The largest absolute Gasteiger partial charge is 0.340 e. The molecule has 3 aromatic rings. The van der Waals surface area contributed by atoms with Gasteiger partial charge in [0, 0.05) is 38.6 Å². The van der Waals surface area contributed by atoms with Gasteiger partial charge in [-0.3, -0.25) is 10.0 Å². The lowest BCUT2D eigenvalue weighted by Crippen LogP contribution is -2.36. The fraction of sp³-hybridized carbons (Fsp3) is 0.286. The van der Waals surface area contributed by atoms with E-state index in [1.54, 1.807) is 24.7 Å². The van der Waals surface area contributed by atoms with Crippen molar-refractivity contribution in [3.63, 3.8) is 0 Å². The lowest BCUT2D eigenvalue weighted by atomic mass is 10.1. The van der Waals surface area contributed by atoms with Crippen molar-refractivity contribution in [2.24, 2.45) is 11.8 Å². The predicted molar refractivity (Wildman–Crippen MR) is 113 cm³/mol. The Morgan fingerprint density at radius 2 is 1.74 bits per heavy atom. The van der Waals surface area contributed by atoms with Crippen LogP contribution in [0, 0.1) is 11.8 Å². The van der Waals surface area contributed by atoms with Gasteiger partial charge < -0.3 is 4.90 Å². The molecule has 31 heavy (non-hydrogen) atoms. The minimum absolute atomic E-state index is 0.0489. The van der Waals surface area contributed by atoms with Crippen molar-refractivity contribution in [1.29, 1.82) is 0 Å². The number of rotatable bonds is 5. The number of benzene rings is 2. The van der Waals surface area contributed by atoms with E-state index in [0.29, 0.717) is 23.9 Å². The highest BCUT2D eigenvalue weighted by atomic mass is 32.2. The van der Waals surface area contributed by atoms with Gasteiger partial charge in [-0.25, -0.2) is 23.9 Å². The molecule has 2 heterocycles. The maximum absolute atomic E-state index is 13.2. The van der Waals surface area contributed by atoms with Crippen molar-refractivity contribution in [1.82, 2.24) is 19.8 Å². The summed E-state index contributed by atoms with van der Waals surface area (Å²) in [7, 11) is -1.94. The van der Waals surface area contributed by atoms with Gasteiger partial charge in [0.15, 0.2) is 0 Å².